The van der Waals surface area contributed by atoms with Crippen LogP contribution in [0, 0.1) is 0 Å². The molecule has 7 nitrogen and oxygen atoms in total. The molecule has 8 heteroatoms. The van der Waals surface area contributed by atoms with E-state index in [2.05, 4.69) is 19.0 Å². The predicted molar refractivity (Wildman–Crippen MR) is 110 cm³/mol. The first-order chi connectivity index (χ1) is 14.2. The minimum atomic E-state index is -0.495. The zero-order valence-corrected chi connectivity index (χ0v) is 16.2. The van der Waals surface area contributed by atoms with Gasteiger partial charge in [0.15, 0.2) is 6.61 Å². The summed E-state index contributed by atoms with van der Waals surface area (Å²) < 4.78 is 13.7. The summed E-state index contributed by atoms with van der Waals surface area (Å²) in [4.78, 5) is 29.9. The number of nitrogens with one attached hydrogen (secondary N) is 1. The molecule has 0 fully saturated rings. The van der Waals surface area contributed by atoms with E-state index in [-0.39, 0.29) is 6.61 Å². The Hall–Kier alpha value is -3.39. The van der Waals surface area contributed by atoms with Crippen LogP contribution >= 0.6 is 11.7 Å². The number of ether oxygens (including phenoxy) is 1. The molecule has 29 heavy (non-hydrogen) atoms. The number of carbonyl (C=O) groups excluding carboxylic acids is 2. The van der Waals surface area contributed by atoms with Crippen LogP contribution in [0.3, 0.4) is 0 Å². The van der Waals surface area contributed by atoms with Crippen LogP contribution in [-0.4, -0.2) is 32.2 Å². The number of pyridine rings is 1. The highest BCUT2D eigenvalue weighted by Gasteiger charge is 2.25. The van der Waals surface area contributed by atoms with E-state index in [0.29, 0.717) is 22.3 Å². The van der Waals surface area contributed by atoms with Crippen molar-refractivity contribution in [1.29, 1.82) is 0 Å². The number of benzene rings is 2. The number of amides is 1. The number of anilines is 1. The van der Waals surface area contributed by atoms with Crippen LogP contribution in [0.2, 0.25) is 0 Å². The van der Waals surface area contributed by atoms with Gasteiger partial charge in [0.25, 0.3) is 5.91 Å². The van der Waals surface area contributed by atoms with E-state index in [4.69, 9.17) is 4.74 Å². The average Bonchev–Trinajstić information content (AvgIpc) is 3.39. The van der Waals surface area contributed by atoms with E-state index < -0.39 is 11.9 Å². The Morgan fingerprint density at radius 3 is 2.83 bits per heavy atom. The molecular weight excluding hydrogens is 388 g/mol. The summed E-state index contributed by atoms with van der Waals surface area (Å²) in [5.74, 6) is -0.917. The number of para-hydroxylation sites is 1. The van der Waals surface area contributed by atoms with Crippen LogP contribution in [0.4, 0.5) is 5.69 Å². The Kier molecular flexibility index (Phi) is 4.40. The second-order valence-corrected chi connectivity index (χ2v) is 7.37. The maximum absolute atomic E-state index is 12.9. The van der Waals surface area contributed by atoms with Gasteiger partial charge in [-0.05, 0) is 43.0 Å². The van der Waals surface area contributed by atoms with Crippen LogP contribution in [0.1, 0.15) is 28.0 Å². The SMILES string of the molecule is O=C(COC(=O)c1c2c(nc3ccccc13)CCC2)Nc1cccc2nsnc12. The van der Waals surface area contributed by atoms with E-state index in [1.165, 1.54) is 0 Å². The minimum absolute atomic E-state index is 0.377. The molecule has 1 aliphatic rings. The molecule has 5 rings (SSSR count). The van der Waals surface area contributed by atoms with Gasteiger partial charge in [0.1, 0.15) is 11.0 Å². The summed E-state index contributed by atoms with van der Waals surface area (Å²) in [5.41, 5.74) is 5.07. The van der Waals surface area contributed by atoms with Gasteiger partial charge in [-0.25, -0.2) is 4.79 Å². The van der Waals surface area contributed by atoms with Crippen molar-refractivity contribution in [3.63, 3.8) is 0 Å². The van der Waals surface area contributed by atoms with Crippen LogP contribution in [-0.2, 0) is 22.4 Å². The topological polar surface area (TPSA) is 94.1 Å². The fraction of sp³-hybridized carbons (Fsp3) is 0.190. The molecule has 0 aliphatic heterocycles. The third-order valence-electron chi connectivity index (χ3n) is 5.02. The molecule has 0 bridgehead atoms. The van der Waals surface area contributed by atoms with Crippen molar-refractivity contribution in [2.24, 2.45) is 0 Å². The van der Waals surface area contributed by atoms with Crippen LogP contribution in [0.15, 0.2) is 42.5 Å². The quantitative estimate of drug-likeness (QED) is 0.523. The molecule has 0 radical (unpaired) electrons. The Labute approximate surface area is 170 Å². The van der Waals surface area contributed by atoms with Gasteiger partial charge in [0.2, 0.25) is 0 Å². The number of fused-ring (bicyclic) bond motifs is 3. The molecular formula is C21H16N4O3S. The molecule has 0 saturated carbocycles. The van der Waals surface area contributed by atoms with Crippen molar-refractivity contribution in [3.05, 3.63) is 59.3 Å². The number of rotatable bonds is 4. The van der Waals surface area contributed by atoms with Gasteiger partial charge in [0.05, 0.1) is 28.5 Å². The standard InChI is InChI=1S/C21H16N4O3S/c26-18(23-16-9-4-10-17-20(16)25-29-24-17)11-28-21(27)19-12-5-1-2-7-14(12)22-15-8-3-6-13(15)19/h1-2,4-5,7,9-10H,3,6,8,11H2,(H,23,26). The first-order valence-corrected chi connectivity index (χ1v) is 10.0. The number of hydrogen-bond acceptors (Lipinski definition) is 7. The van der Waals surface area contributed by atoms with E-state index >= 15 is 0 Å². The van der Waals surface area contributed by atoms with Crippen LogP contribution < -0.4 is 5.32 Å². The van der Waals surface area contributed by atoms with Crippen LogP contribution in [0.5, 0.6) is 0 Å². The van der Waals surface area contributed by atoms with E-state index in [0.717, 1.165) is 53.2 Å². The maximum atomic E-state index is 12.9. The Balaban J connectivity index is 1.36. The lowest BCUT2D eigenvalue weighted by molar-refractivity contribution is -0.119. The molecule has 1 N–H and O–H groups in total. The van der Waals surface area contributed by atoms with Gasteiger partial charge < -0.3 is 10.1 Å². The van der Waals surface area contributed by atoms with Gasteiger partial charge >= 0.3 is 5.97 Å². The molecule has 1 amide bonds. The highest BCUT2D eigenvalue weighted by Crippen LogP contribution is 2.30. The van der Waals surface area contributed by atoms with Crippen molar-refractivity contribution in [3.8, 4) is 0 Å². The summed E-state index contributed by atoms with van der Waals surface area (Å²) in [6, 6.07) is 12.9. The molecule has 2 heterocycles. The van der Waals surface area contributed by atoms with Crippen molar-refractivity contribution in [2.75, 3.05) is 11.9 Å². The Bertz CT molecular complexity index is 1270. The highest BCUT2D eigenvalue weighted by molar-refractivity contribution is 7.00. The number of aryl methyl sites for hydroxylation is 1. The molecule has 2 aromatic heterocycles. The molecule has 2 aromatic carbocycles. The van der Waals surface area contributed by atoms with Gasteiger partial charge in [-0.2, -0.15) is 8.75 Å². The van der Waals surface area contributed by atoms with Crippen LogP contribution in [0.25, 0.3) is 21.9 Å². The summed E-state index contributed by atoms with van der Waals surface area (Å²) >= 11 is 1.08. The molecule has 4 aromatic rings. The van der Waals surface area contributed by atoms with Crippen molar-refractivity contribution in [2.45, 2.75) is 19.3 Å². The van der Waals surface area contributed by atoms with Gasteiger partial charge in [-0.3, -0.25) is 9.78 Å². The number of aromatic nitrogens is 3. The highest BCUT2D eigenvalue weighted by atomic mass is 32.1. The Morgan fingerprint density at radius 1 is 1.03 bits per heavy atom. The predicted octanol–water partition coefficient (Wildman–Crippen LogP) is 3.52. The fourth-order valence-corrected chi connectivity index (χ4v) is 4.29. The summed E-state index contributed by atoms with van der Waals surface area (Å²) in [6.45, 7) is -0.377. The van der Waals surface area contributed by atoms with Gasteiger partial charge in [-0.1, -0.05) is 24.3 Å². The zero-order chi connectivity index (χ0) is 19.8. The molecule has 1 aliphatic carbocycles. The summed E-state index contributed by atoms with van der Waals surface area (Å²) in [7, 11) is 0. The first kappa shape index (κ1) is 17.7. The largest absolute Gasteiger partial charge is 0.452 e. The van der Waals surface area contributed by atoms with E-state index in [9.17, 15) is 9.59 Å². The number of esters is 1. The summed E-state index contributed by atoms with van der Waals surface area (Å²) in [5, 5.41) is 3.50. The van der Waals surface area contributed by atoms with Crippen molar-refractivity contribution in [1.82, 2.24) is 13.7 Å². The van der Waals surface area contributed by atoms with E-state index in [1.54, 1.807) is 12.1 Å². The molecule has 0 saturated heterocycles. The van der Waals surface area contributed by atoms with Gasteiger partial charge in [0, 0.05) is 11.1 Å². The Morgan fingerprint density at radius 2 is 1.90 bits per heavy atom. The smallest absolute Gasteiger partial charge is 0.339 e. The lowest BCUT2D eigenvalue weighted by Gasteiger charge is -2.12. The lowest BCUT2D eigenvalue weighted by Crippen LogP contribution is -2.22. The molecule has 0 atom stereocenters. The fourth-order valence-electron chi connectivity index (χ4n) is 3.74. The number of carbonyl (C=O) groups is 2. The van der Waals surface area contributed by atoms with Crippen molar-refractivity contribution < 1.29 is 14.3 Å². The minimum Gasteiger partial charge on any atom is -0.452 e. The third kappa shape index (κ3) is 3.21. The zero-order valence-electron chi connectivity index (χ0n) is 15.3. The number of hydrogen-bond donors (Lipinski definition) is 1. The first-order valence-electron chi connectivity index (χ1n) is 9.29. The average molecular weight is 404 g/mol. The monoisotopic (exact) mass is 404 g/mol. The molecule has 0 unspecified atom stereocenters. The lowest BCUT2D eigenvalue weighted by atomic mass is 10.0. The molecule has 144 valence electrons. The summed E-state index contributed by atoms with van der Waals surface area (Å²) in [6.07, 6.45) is 2.61. The van der Waals surface area contributed by atoms with Gasteiger partial charge in [-0.15, -0.1) is 0 Å². The molecule has 0 spiro atoms. The second-order valence-electron chi connectivity index (χ2n) is 6.84. The number of nitrogens with zero attached hydrogens (tertiary/aromatic N) is 3. The second kappa shape index (κ2) is 7.21. The van der Waals surface area contributed by atoms with E-state index in [1.807, 2.05) is 30.3 Å². The maximum Gasteiger partial charge on any atom is 0.339 e. The normalized spacial score (nSPS) is 12.8. The third-order valence-corrected chi connectivity index (χ3v) is 5.56. The van der Waals surface area contributed by atoms with Crippen molar-refractivity contribution >= 4 is 51.2 Å².